The van der Waals surface area contributed by atoms with Crippen molar-refractivity contribution in [3.05, 3.63) is 30.1 Å². The van der Waals surface area contributed by atoms with E-state index in [0.29, 0.717) is 13.0 Å². The standard InChI is InChI=1S/C15H18N4O4S/c20-14-2-1-13(15(21)17-9-11-3-6-16-7-4-11)18-19(14)12-5-8-24(22,23)10-12/h3-4,6-7,12H,1-2,5,8-10H2,(H,17,21)/t12-/m1/s1. The zero-order chi connectivity index (χ0) is 17.2. The topological polar surface area (TPSA) is 109 Å². The van der Waals surface area contributed by atoms with Crippen molar-refractivity contribution >= 4 is 27.4 Å². The van der Waals surface area contributed by atoms with Gasteiger partial charge in [0.15, 0.2) is 9.84 Å². The Morgan fingerprint density at radius 1 is 1.29 bits per heavy atom. The van der Waals surface area contributed by atoms with Crippen LogP contribution in [0.15, 0.2) is 29.6 Å². The van der Waals surface area contributed by atoms with E-state index in [-0.39, 0.29) is 41.9 Å². The van der Waals surface area contributed by atoms with Crippen LogP contribution in [0.5, 0.6) is 0 Å². The lowest BCUT2D eigenvalue weighted by atomic mass is 10.1. The molecule has 0 unspecified atom stereocenters. The zero-order valence-corrected chi connectivity index (χ0v) is 13.8. The van der Waals surface area contributed by atoms with Gasteiger partial charge in [-0.25, -0.2) is 13.4 Å². The van der Waals surface area contributed by atoms with E-state index in [4.69, 9.17) is 0 Å². The molecule has 9 heteroatoms. The molecule has 0 spiro atoms. The van der Waals surface area contributed by atoms with Crippen LogP contribution in [-0.2, 0) is 26.0 Å². The van der Waals surface area contributed by atoms with Gasteiger partial charge in [0.25, 0.3) is 5.91 Å². The third kappa shape index (κ3) is 3.78. The molecule has 1 N–H and O–H groups in total. The fourth-order valence-electron chi connectivity index (χ4n) is 2.77. The van der Waals surface area contributed by atoms with Crippen molar-refractivity contribution in [3.8, 4) is 0 Å². The van der Waals surface area contributed by atoms with Crippen molar-refractivity contribution in [1.29, 1.82) is 0 Å². The van der Waals surface area contributed by atoms with Crippen LogP contribution in [0.2, 0.25) is 0 Å². The van der Waals surface area contributed by atoms with Crippen LogP contribution in [0.25, 0.3) is 0 Å². The van der Waals surface area contributed by atoms with Gasteiger partial charge in [0.05, 0.1) is 17.5 Å². The maximum atomic E-state index is 12.3. The van der Waals surface area contributed by atoms with Crippen LogP contribution in [-0.4, -0.2) is 53.5 Å². The third-order valence-electron chi connectivity index (χ3n) is 4.08. The van der Waals surface area contributed by atoms with Crippen molar-refractivity contribution < 1.29 is 18.0 Å². The summed E-state index contributed by atoms with van der Waals surface area (Å²) in [7, 11) is -3.12. The number of hydrogen-bond donors (Lipinski definition) is 1. The van der Waals surface area contributed by atoms with Crippen LogP contribution < -0.4 is 5.32 Å². The lowest BCUT2D eigenvalue weighted by Gasteiger charge is -2.27. The van der Waals surface area contributed by atoms with E-state index < -0.39 is 15.9 Å². The fourth-order valence-corrected chi connectivity index (χ4v) is 4.47. The first kappa shape index (κ1) is 16.6. The van der Waals surface area contributed by atoms with Crippen LogP contribution in [0.4, 0.5) is 0 Å². The van der Waals surface area contributed by atoms with Gasteiger partial charge in [-0.15, -0.1) is 0 Å². The number of aromatic nitrogens is 1. The molecule has 1 saturated heterocycles. The number of carbonyl (C=O) groups excluding carboxylic acids is 2. The predicted octanol–water partition coefficient (Wildman–Crippen LogP) is -0.137. The van der Waals surface area contributed by atoms with E-state index in [1.54, 1.807) is 24.5 Å². The normalized spacial score (nSPS) is 23.0. The highest BCUT2D eigenvalue weighted by molar-refractivity contribution is 7.91. The van der Waals surface area contributed by atoms with Gasteiger partial charge in [0.2, 0.25) is 5.91 Å². The van der Waals surface area contributed by atoms with E-state index in [0.717, 1.165) is 5.56 Å². The average molecular weight is 350 g/mol. The van der Waals surface area contributed by atoms with Gasteiger partial charge >= 0.3 is 0 Å². The lowest BCUT2D eigenvalue weighted by molar-refractivity contribution is -0.133. The van der Waals surface area contributed by atoms with Crippen LogP contribution in [0.1, 0.15) is 24.8 Å². The molecule has 3 rings (SSSR count). The van der Waals surface area contributed by atoms with E-state index in [2.05, 4.69) is 15.4 Å². The highest BCUT2D eigenvalue weighted by Gasteiger charge is 2.37. The minimum atomic E-state index is -3.12. The Morgan fingerprint density at radius 3 is 2.71 bits per heavy atom. The molecule has 0 radical (unpaired) electrons. The first-order valence-corrected chi connectivity index (χ1v) is 9.54. The monoisotopic (exact) mass is 350 g/mol. The van der Waals surface area contributed by atoms with Crippen LogP contribution in [0, 0.1) is 0 Å². The Bertz CT molecular complexity index is 776. The Labute approximate surface area is 139 Å². The van der Waals surface area contributed by atoms with Gasteiger partial charge in [-0.3, -0.25) is 14.6 Å². The molecular weight excluding hydrogens is 332 g/mol. The number of hydrogen-bond acceptors (Lipinski definition) is 6. The number of hydrazone groups is 1. The molecule has 1 atom stereocenters. The molecule has 8 nitrogen and oxygen atoms in total. The Balaban J connectivity index is 1.67. The second-order valence-corrected chi connectivity index (χ2v) is 8.11. The molecule has 1 aromatic rings. The summed E-state index contributed by atoms with van der Waals surface area (Å²) in [5.41, 5.74) is 1.16. The van der Waals surface area contributed by atoms with Gasteiger partial charge in [0.1, 0.15) is 5.71 Å². The number of sulfone groups is 1. The third-order valence-corrected chi connectivity index (χ3v) is 5.83. The SMILES string of the molecule is O=C(NCc1ccncc1)C1=NN([C@@H]2CCS(=O)(=O)C2)C(=O)CC1. The summed E-state index contributed by atoms with van der Waals surface area (Å²) in [6.45, 7) is 0.339. The molecule has 1 aromatic heterocycles. The number of rotatable bonds is 4. The second-order valence-electron chi connectivity index (χ2n) is 5.88. The average Bonchev–Trinajstić information content (AvgIpc) is 2.94. The maximum Gasteiger partial charge on any atom is 0.267 e. The molecule has 3 heterocycles. The van der Waals surface area contributed by atoms with Gasteiger partial charge < -0.3 is 5.32 Å². The quantitative estimate of drug-likeness (QED) is 0.813. The molecule has 128 valence electrons. The summed E-state index contributed by atoms with van der Waals surface area (Å²) in [5, 5.41) is 8.08. The molecule has 0 saturated carbocycles. The van der Waals surface area contributed by atoms with Crippen molar-refractivity contribution in [1.82, 2.24) is 15.3 Å². The molecule has 2 amide bonds. The first-order chi connectivity index (χ1) is 11.4. The minimum absolute atomic E-state index is 0.0561. The highest BCUT2D eigenvalue weighted by atomic mass is 32.2. The summed E-state index contributed by atoms with van der Waals surface area (Å²) in [5.74, 6) is -0.609. The second kappa shape index (κ2) is 6.68. The van der Waals surface area contributed by atoms with E-state index in [1.807, 2.05) is 0 Å². The van der Waals surface area contributed by atoms with Crippen molar-refractivity contribution in [2.24, 2.45) is 5.10 Å². The fraction of sp³-hybridized carbons (Fsp3) is 0.467. The molecule has 0 bridgehead atoms. The molecular formula is C15H18N4O4S. The minimum Gasteiger partial charge on any atom is -0.347 e. The molecule has 24 heavy (non-hydrogen) atoms. The van der Waals surface area contributed by atoms with Crippen molar-refractivity contribution in [3.63, 3.8) is 0 Å². The van der Waals surface area contributed by atoms with Gasteiger partial charge in [-0.1, -0.05) is 0 Å². The Kier molecular flexibility index (Phi) is 4.61. The molecule has 0 aliphatic carbocycles. The number of carbonyl (C=O) groups is 2. The van der Waals surface area contributed by atoms with Crippen molar-refractivity contribution in [2.45, 2.75) is 31.8 Å². The largest absolute Gasteiger partial charge is 0.347 e. The summed E-state index contributed by atoms with van der Waals surface area (Å²) in [4.78, 5) is 28.2. The van der Waals surface area contributed by atoms with Crippen LogP contribution in [0.3, 0.4) is 0 Å². The number of nitrogens with one attached hydrogen (secondary N) is 1. The van der Waals surface area contributed by atoms with E-state index in [1.165, 1.54) is 5.01 Å². The smallest absolute Gasteiger partial charge is 0.267 e. The van der Waals surface area contributed by atoms with Crippen molar-refractivity contribution in [2.75, 3.05) is 11.5 Å². The molecule has 0 aromatic carbocycles. The highest BCUT2D eigenvalue weighted by Crippen LogP contribution is 2.22. The Hall–Kier alpha value is -2.29. The first-order valence-electron chi connectivity index (χ1n) is 7.72. The maximum absolute atomic E-state index is 12.3. The molecule has 2 aliphatic heterocycles. The predicted molar refractivity (Wildman–Crippen MR) is 86.7 cm³/mol. The summed E-state index contributed by atoms with van der Waals surface area (Å²) >= 11 is 0. The molecule has 1 fully saturated rings. The molecule has 2 aliphatic rings. The van der Waals surface area contributed by atoms with E-state index in [9.17, 15) is 18.0 Å². The van der Waals surface area contributed by atoms with Crippen LogP contribution >= 0.6 is 0 Å². The number of amides is 2. The Morgan fingerprint density at radius 2 is 2.04 bits per heavy atom. The number of pyridine rings is 1. The van der Waals surface area contributed by atoms with Gasteiger partial charge in [0, 0.05) is 31.8 Å². The lowest BCUT2D eigenvalue weighted by Crippen LogP contribution is -2.43. The summed E-state index contributed by atoms with van der Waals surface area (Å²) in [6.07, 6.45) is 4.07. The van der Waals surface area contributed by atoms with E-state index >= 15 is 0 Å². The number of nitrogens with zero attached hydrogens (tertiary/aromatic N) is 3. The zero-order valence-electron chi connectivity index (χ0n) is 13.0. The van der Waals surface area contributed by atoms with Gasteiger partial charge in [-0.2, -0.15) is 5.10 Å². The summed E-state index contributed by atoms with van der Waals surface area (Å²) in [6, 6.07) is 3.12. The van der Waals surface area contributed by atoms with Gasteiger partial charge in [-0.05, 0) is 24.1 Å². The summed E-state index contributed by atoms with van der Waals surface area (Å²) < 4.78 is 23.2.